The van der Waals surface area contributed by atoms with Crippen LogP contribution in [0.5, 0.6) is 0 Å². The molecule has 0 bridgehead atoms. The minimum atomic E-state index is -0.180. The average molecular weight is 282 g/mol. The van der Waals surface area contributed by atoms with Gasteiger partial charge < -0.3 is 9.53 Å². The van der Waals surface area contributed by atoms with Gasteiger partial charge in [0.15, 0.2) is 0 Å². The van der Waals surface area contributed by atoms with E-state index in [4.69, 9.17) is 4.74 Å². The first-order chi connectivity index (χ1) is 9.63. The Kier molecular flexibility index (Phi) is 13.5. The van der Waals surface area contributed by atoms with Crippen molar-refractivity contribution in [3.8, 4) is 0 Å². The molecule has 0 amide bonds. The molecular formula is C17H30O3. The van der Waals surface area contributed by atoms with E-state index < -0.39 is 0 Å². The van der Waals surface area contributed by atoms with Crippen molar-refractivity contribution in [3.05, 3.63) is 12.2 Å². The molecule has 0 unspecified atom stereocenters. The molecule has 0 radical (unpaired) electrons. The number of ether oxygens (including phenoxy) is 1. The number of allylic oxidation sites excluding steroid dienone is 2. The van der Waals surface area contributed by atoms with Crippen molar-refractivity contribution in [3.63, 3.8) is 0 Å². The summed E-state index contributed by atoms with van der Waals surface area (Å²) in [5.74, 6) is 0.104. The Morgan fingerprint density at radius 2 is 1.35 bits per heavy atom. The third kappa shape index (κ3) is 16.9. The molecule has 0 aliphatic carbocycles. The van der Waals surface area contributed by atoms with Crippen LogP contribution in [0.4, 0.5) is 0 Å². The summed E-state index contributed by atoms with van der Waals surface area (Å²) in [5, 5.41) is 0. The molecule has 0 aromatic carbocycles. The molecule has 0 aromatic heterocycles. The van der Waals surface area contributed by atoms with Gasteiger partial charge in [-0.1, -0.05) is 37.8 Å². The quantitative estimate of drug-likeness (QED) is 0.282. The highest BCUT2D eigenvalue weighted by Gasteiger charge is 1.94. The molecule has 0 fully saturated rings. The van der Waals surface area contributed by atoms with E-state index in [9.17, 15) is 9.59 Å². The molecule has 116 valence electrons. The van der Waals surface area contributed by atoms with Gasteiger partial charge >= 0.3 is 5.97 Å². The van der Waals surface area contributed by atoms with Gasteiger partial charge in [0.05, 0.1) is 6.61 Å². The second-order valence-corrected chi connectivity index (χ2v) is 5.32. The Balaban J connectivity index is 3.10. The maximum atomic E-state index is 10.7. The van der Waals surface area contributed by atoms with Crippen LogP contribution in [0.2, 0.25) is 0 Å². The molecule has 0 aliphatic rings. The minimum absolute atomic E-state index is 0.180. The van der Waals surface area contributed by atoms with Crippen LogP contribution in [0.25, 0.3) is 0 Å². The minimum Gasteiger partial charge on any atom is -0.466 e. The fourth-order valence-electron chi connectivity index (χ4n) is 1.99. The monoisotopic (exact) mass is 282 g/mol. The Hall–Kier alpha value is -1.12. The topological polar surface area (TPSA) is 43.4 Å². The summed E-state index contributed by atoms with van der Waals surface area (Å²) in [4.78, 5) is 21.3. The van der Waals surface area contributed by atoms with E-state index >= 15 is 0 Å². The van der Waals surface area contributed by atoms with Crippen LogP contribution < -0.4 is 0 Å². The third-order valence-corrected chi connectivity index (χ3v) is 3.14. The maximum Gasteiger partial charge on any atom is 0.302 e. The molecule has 0 saturated carbocycles. The summed E-state index contributed by atoms with van der Waals surface area (Å²) in [6, 6.07) is 0. The molecule has 3 nitrogen and oxygen atoms in total. The van der Waals surface area contributed by atoms with Gasteiger partial charge in [-0.25, -0.2) is 0 Å². The van der Waals surface area contributed by atoms with E-state index in [1.54, 1.807) is 6.92 Å². The van der Waals surface area contributed by atoms with Crippen LogP contribution in [0, 0.1) is 0 Å². The Morgan fingerprint density at radius 1 is 0.800 bits per heavy atom. The van der Waals surface area contributed by atoms with Crippen LogP contribution in [-0.2, 0) is 14.3 Å². The van der Waals surface area contributed by atoms with E-state index in [2.05, 4.69) is 12.2 Å². The lowest BCUT2D eigenvalue weighted by atomic mass is 10.1. The molecule has 0 saturated heterocycles. The number of hydrogen-bond donors (Lipinski definition) is 0. The lowest BCUT2D eigenvalue weighted by Gasteiger charge is -2.02. The third-order valence-electron chi connectivity index (χ3n) is 3.14. The summed E-state index contributed by atoms with van der Waals surface area (Å²) >= 11 is 0. The molecule has 0 aliphatic heterocycles. The van der Waals surface area contributed by atoms with Gasteiger partial charge in [-0.15, -0.1) is 0 Å². The first-order valence-electron chi connectivity index (χ1n) is 7.90. The normalized spacial score (nSPS) is 10.9. The summed E-state index contributed by atoms with van der Waals surface area (Å²) in [7, 11) is 0. The van der Waals surface area contributed by atoms with Crippen molar-refractivity contribution >= 4 is 11.8 Å². The number of esters is 1. The van der Waals surface area contributed by atoms with Gasteiger partial charge in [-0.3, -0.25) is 4.79 Å². The lowest BCUT2D eigenvalue weighted by molar-refractivity contribution is -0.141. The molecule has 3 heteroatoms. The number of unbranched alkanes of at least 4 members (excludes halogenated alkanes) is 7. The Morgan fingerprint density at radius 3 is 1.95 bits per heavy atom. The number of carbonyl (C=O) groups is 2. The van der Waals surface area contributed by atoms with Crippen LogP contribution in [-0.4, -0.2) is 18.4 Å². The molecule has 0 rings (SSSR count). The summed E-state index contributed by atoms with van der Waals surface area (Å²) < 4.78 is 4.88. The molecule has 20 heavy (non-hydrogen) atoms. The van der Waals surface area contributed by atoms with Crippen molar-refractivity contribution in [2.24, 2.45) is 0 Å². The van der Waals surface area contributed by atoms with Crippen LogP contribution in [0.1, 0.15) is 78.1 Å². The van der Waals surface area contributed by atoms with E-state index in [0.29, 0.717) is 13.0 Å². The second-order valence-electron chi connectivity index (χ2n) is 5.32. The molecule has 0 aromatic rings. The van der Waals surface area contributed by atoms with Gasteiger partial charge in [-0.2, -0.15) is 0 Å². The summed E-state index contributed by atoms with van der Waals surface area (Å²) in [6.07, 6.45) is 15.4. The lowest BCUT2D eigenvalue weighted by Crippen LogP contribution is -1.99. The smallest absolute Gasteiger partial charge is 0.302 e. The maximum absolute atomic E-state index is 10.7. The fourth-order valence-corrected chi connectivity index (χ4v) is 1.99. The first-order valence-corrected chi connectivity index (χ1v) is 7.90. The highest BCUT2D eigenvalue weighted by atomic mass is 16.5. The number of ketones is 1. The van der Waals surface area contributed by atoms with Crippen molar-refractivity contribution in [2.75, 3.05) is 6.61 Å². The zero-order valence-electron chi connectivity index (χ0n) is 13.2. The second kappa shape index (κ2) is 14.3. The number of rotatable bonds is 13. The summed E-state index contributed by atoms with van der Waals surface area (Å²) in [6.45, 7) is 3.67. The number of carbonyl (C=O) groups excluding carboxylic acids is 2. The molecule has 0 N–H and O–H groups in total. The van der Waals surface area contributed by atoms with Gasteiger partial charge in [0.2, 0.25) is 0 Å². The number of hydrogen-bond acceptors (Lipinski definition) is 3. The van der Waals surface area contributed by atoms with Crippen molar-refractivity contribution in [2.45, 2.75) is 78.1 Å². The van der Waals surface area contributed by atoms with Crippen molar-refractivity contribution < 1.29 is 14.3 Å². The molecule has 0 spiro atoms. The van der Waals surface area contributed by atoms with E-state index in [-0.39, 0.29) is 11.8 Å². The SMILES string of the molecule is CC(=O)CCCC=CCCCCCCCCOC(C)=O. The Bertz CT molecular complexity index is 282. The van der Waals surface area contributed by atoms with Gasteiger partial charge in [-0.05, 0) is 39.0 Å². The van der Waals surface area contributed by atoms with Crippen molar-refractivity contribution in [1.82, 2.24) is 0 Å². The average Bonchev–Trinajstić information content (AvgIpc) is 2.38. The zero-order valence-corrected chi connectivity index (χ0v) is 13.2. The van der Waals surface area contributed by atoms with Gasteiger partial charge in [0.25, 0.3) is 0 Å². The number of Topliss-reactive ketones (excluding diaryl/α,β-unsaturated/α-hetero) is 1. The highest BCUT2D eigenvalue weighted by Crippen LogP contribution is 2.08. The Labute approximate surface area is 123 Å². The molecule has 0 heterocycles. The van der Waals surface area contributed by atoms with Crippen LogP contribution in [0.3, 0.4) is 0 Å². The van der Waals surface area contributed by atoms with Crippen LogP contribution in [0.15, 0.2) is 12.2 Å². The predicted octanol–water partition coefficient (Wildman–Crippen LogP) is 4.60. The molecule has 0 atom stereocenters. The fraction of sp³-hybridized carbons (Fsp3) is 0.765. The first kappa shape index (κ1) is 18.9. The predicted molar refractivity (Wildman–Crippen MR) is 82.6 cm³/mol. The van der Waals surface area contributed by atoms with E-state index in [1.165, 1.54) is 32.6 Å². The largest absolute Gasteiger partial charge is 0.466 e. The highest BCUT2D eigenvalue weighted by molar-refractivity contribution is 5.75. The van der Waals surface area contributed by atoms with Crippen LogP contribution >= 0.6 is 0 Å². The van der Waals surface area contributed by atoms with E-state index in [1.807, 2.05) is 0 Å². The van der Waals surface area contributed by atoms with Gasteiger partial charge in [0.1, 0.15) is 5.78 Å². The molecular weight excluding hydrogens is 252 g/mol. The van der Waals surface area contributed by atoms with E-state index in [0.717, 1.165) is 32.1 Å². The zero-order chi connectivity index (χ0) is 15.1. The standard InChI is InChI=1S/C17H30O3/c1-16(18)14-12-10-8-6-4-3-5-7-9-11-13-15-20-17(2)19/h6,8H,3-5,7,9-15H2,1-2H3. The van der Waals surface area contributed by atoms with Gasteiger partial charge in [0, 0.05) is 13.3 Å². The summed E-state index contributed by atoms with van der Waals surface area (Å²) in [5.41, 5.74) is 0. The van der Waals surface area contributed by atoms with Crippen molar-refractivity contribution in [1.29, 1.82) is 0 Å².